The Morgan fingerprint density at radius 1 is 1.25 bits per heavy atom. The molecular weight excluding hydrogens is 326 g/mol. The molecule has 1 heterocycles. The standard InChI is InChI=1S/C18H23NO4S/c1-23-17(21)10-9-16(20)19-11-5-6-13(12-19)18(22)14-7-3-4-8-15(14)24-2/h3-4,7-8,13H,5-6,9-12H2,1-2H3. The van der Waals surface area contributed by atoms with E-state index in [-0.39, 0.29) is 36.4 Å². The summed E-state index contributed by atoms with van der Waals surface area (Å²) in [5.41, 5.74) is 0.735. The van der Waals surface area contributed by atoms with Crippen molar-refractivity contribution in [2.24, 2.45) is 5.92 Å². The van der Waals surface area contributed by atoms with Crippen LogP contribution in [0.3, 0.4) is 0 Å². The second-order valence-corrected chi connectivity index (χ2v) is 6.67. The number of carbonyl (C=O) groups is 3. The molecular formula is C18H23NO4S. The number of likely N-dealkylation sites (tertiary alicyclic amines) is 1. The molecule has 0 saturated carbocycles. The summed E-state index contributed by atoms with van der Waals surface area (Å²) in [5.74, 6) is -0.544. The molecule has 1 aliphatic rings. The first kappa shape index (κ1) is 18.5. The highest BCUT2D eigenvalue weighted by molar-refractivity contribution is 7.98. The van der Waals surface area contributed by atoms with Crippen LogP contribution in [-0.2, 0) is 14.3 Å². The third-order valence-corrected chi connectivity index (χ3v) is 5.08. The van der Waals surface area contributed by atoms with E-state index in [1.54, 1.807) is 16.7 Å². The number of thioether (sulfide) groups is 1. The van der Waals surface area contributed by atoms with Crippen LogP contribution in [0.25, 0.3) is 0 Å². The number of piperidine rings is 1. The Labute approximate surface area is 146 Å². The first-order chi connectivity index (χ1) is 11.6. The molecule has 6 heteroatoms. The van der Waals surface area contributed by atoms with Gasteiger partial charge >= 0.3 is 5.97 Å². The van der Waals surface area contributed by atoms with Crippen LogP contribution in [-0.4, -0.2) is 49.0 Å². The Kier molecular flexibility index (Phi) is 6.85. The zero-order chi connectivity index (χ0) is 17.5. The van der Waals surface area contributed by atoms with Gasteiger partial charge in [0.25, 0.3) is 0 Å². The van der Waals surface area contributed by atoms with E-state index in [0.29, 0.717) is 13.1 Å². The number of esters is 1. The summed E-state index contributed by atoms with van der Waals surface area (Å²) in [6.45, 7) is 1.08. The second-order valence-electron chi connectivity index (χ2n) is 5.82. The van der Waals surface area contributed by atoms with Crippen molar-refractivity contribution in [1.29, 1.82) is 0 Å². The molecule has 1 saturated heterocycles. The molecule has 1 aromatic carbocycles. The molecule has 0 spiro atoms. The predicted octanol–water partition coefficient (Wildman–Crippen LogP) is 2.78. The number of hydrogen-bond acceptors (Lipinski definition) is 5. The van der Waals surface area contributed by atoms with Gasteiger partial charge in [-0.15, -0.1) is 11.8 Å². The number of amides is 1. The quantitative estimate of drug-likeness (QED) is 0.449. The van der Waals surface area contributed by atoms with Gasteiger partial charge in [-0.05, 0) is 25.2 Å². The van der Waals surface area contributed by atoms with E-state index >= 15 is 0 Å². The molecule has 0 bridgehead atoms. The van der Waals surface area contributed by atoms with Gasteiger partial charge in [0.05, 0.1) is 13.5 Å². The van der Waals surface area contributed by atoms with E-state index < -0.39 is 0 Å². The Morgan fingerprint density at radius 2 is 2.00 bits per heavy atom. The Morgan fingerprint density at radius 3 is 2.71 bits per heavy atom. The average molecular weight is 349 g/mol. The molecule has 1 amide bonds. The number of rotatable bonds is 6. The van der Waals surface area contributed by atoms with Gasteiger partial charge in [-0.1, -0.05) is 18.2 Å². The lowest BCUT2D eigenvalue weighted by Gasteiger charge is -2.32. The first-order valence-electron chi connectivity index (χ1n) is 8.08. The highest BCUT2D eigenvalue weighted by Gasteiger charge is 2.29. The number of hydrogen-bond donors (Lipinski definition) is 0. The van der Waals surface area contributed by atoms with Crippen LogP contribution >= 0.6 is 11.8 Å². The SMILES string of the molecule is COC(=O)CCC(=O)N1CCCC(C(=O)c2ccccc2SC)C1. The molecule has 0 N–H and O–H groups in total. The van der Waals surface area contributed by atoms with Gasteiger partial charge in [-0.2, -0.15) is 0 Å². The van der Waals surface area contributed by atoms with Crippen molar-refractivity contribution < 1.29 is 19.1 Å². The van der Waals surface area contributed by atoms with Crippen LogP contribution in [0.4, 0.5) is 0 Å². The Hall–Kier alpha value is -1.82. The molecule has 0 aromatic heterocycles. The van der Waals surface area contributed by atoms with E-state index in [9.17, 15) is 14.4 Å². The third kappa shape index (κ3) is 4.60. The highest BCUT2D eigenvalue weighted by atomic mass is 32.2. The van der Waals surface area contributed by atoms with Crippen molar-refractivity contribution in [2.45, 2.75) is 30.6 Å². The summed E-state index contributed by atoms with van der Waals surface area (Å²) in [6, 6.07) is 7.59. The van der Waals surface area contributed by atoms with Gasteiger partial charge in [-0.25, -0.2) is 0 Å². The van der Waals surface area contributed by atoms with Crippen LogP contribution in [0, 0.1) is 5.92 Å². The molecule has 1 fully saturated rings. The van der Waals surface area contributed by atoms with Crippen molar-refractivity contribution in [3.63, 3.8) is 0 Å². The van der Waals surface area contributed by atoms with Gasteiger partial charge in [0.1, 0.15) is 0 Å². The maximum atomic E-state index is 12.8. The van der Waals surface area contributed by atoms with Gasteiger partial charge in [0.2, 0.25) is 5.91 Å². The van der Waals surface area contributed by atoms with Crippen LogP contribution in [0.15, 0.2) is 29.2 Å². The van der Waals surface area contributed by atoms with Crippen LogP contribution in [0.5, 0.6) is 0 Å². The fourth-order valence-corrected chi connectivity index (χ4v) is 3.56. The van der Waals surface area contributed by atoms with Crippen LogP contribution in [0.2, 0.25) is 0 Å². The maximum Gasteiger partial charge on any atom is 0.306 e. The minimum Gasteiger partial charge on any atom is -0.469 e. The maximum absolute atomic E-state index is 12.8. The number of nitrogens with zero attached hydrogens (tertiary/aromatic N) is 1. The molecule has 2 rings (SSSR count). The number of Topliss-reactive ketones (excluding diaryl/α,β-unsaturated/α-hetero) is 1. The fourth-order valence-electron chi connectivity index (χ4n) is 2.95. The van der Waals surface area contributed by atoms with Crippen molar-refractivity contribution in [3.05, 3.63) is 29.8 Å². The summed E-state index contributed by atoms with van der Waals surface area (Å²) in [7, 11) is 1.31. The van der Waals surface area contributed by atoms with E-state index in [2.05, 4.69) is 4.74 Å². The molecule has 130 valence electrons. The first-order valence-corrected chi connectivity index (χ1v) is 9.31. The third-order valence-electron chi connectivity index (χ3n) is 4.29. The zero-order valence-corrected chi connectivity index (χ0v) is 14.9. The fraction of sp³-hybridized carbons (Fsp3) is 0.500. The van der Waals surface area contributed by atoms with Crippen molar-refractivity contribution in [3.8, 4) is 0 Å². The molecule has 24 heavy (non-hydrogen) atoms. The number of benzene rings is 1. The molecule has 1 atom stereocenters. The van der Waals surface area contributed by atoms with E-state index in [1.165, 1.54) is 7.11 Å². The zero-order valence-electron chi connectivity index (χ0n) is 14.1. The van der Waals surface area contributed by atoms with Crippen molar-refractivity contribution >= 4 is 29.4 Å². The smallest absolute Gasteiger partial charge is 0.306 e. The highest BCUT2D eigenvalue weighted by Crippen LogP contribution is 2.27. The summed E-state index contributed by atoms with van der Waals surface area (Å²) in [5, 5.41) is 0. The minimum absolute atomic E-state index is 0.0831. The van der Waals surface area contributed by atoms with Crippen LogP contribution < -0.4 is 0 Å². The molecule has 1 aliphatic heterocycles. The van der Waals surface area contributed by atoms with E-state index in [0.717, 1.165) is 23.3 Å². The van der Waals surface area contributed by atoms with Gasteiger partial charge < -0.3 is 9.64 Å². The number of ketones is 1. The topological polar surface area (TPSA) is 63.7 Å². The van der Waals surface area contributed by atoms with E-state index in [1.807, 2.05) is 30.5 Å². The molecule has 1 aromatic rings. The largest absolute Gasteiger partial charge is 0.469 e. The Balaban J connectivity index is 2.01. The normalized spacial score (nSPS) is 17.4. The number of methoxy groups -OCH3 is 1. The molecule has 1 unspecified atom stereocenters. The van der Waals surface area contributed by atoms with Crippen molar-refractivity contribution in [1.82, 2.24) is 4.90 Å². The van der Waals surface area contributed by atoms with Crippen LogP contribution in [0.1, 0.15) is 36.0 Å². The summed E-state index contributed by atoms with van der Waals surface area (Å²) in [6.07, 6.45) is 3.77. The van der Waals surface area contributed by atoms with Gasteiger partial charge in [0, 0.05) is 35.9 Å². The number of ether oxygens (including phenoxy) is 1. The lowest BCUT2D eigenvalue weighted by Crippen LogP contribution is -2.42. The number of carbonyl (C=O) groups excluding carboxylic acids is 3. The van der Waals surface area contributed by atoms with Crippen molar-refractivity contribution in [2.75, 3.05) is 26.5 Å². The van der Waals surface area contributed by atoms with Gasteiger partial charge in [-0.3, -0.25) is 14.4 Å². The Bertz CT molecular complexity index is 617. The molecule has 0 aliphatic carbocycles. The molecule has 0 radical (unpaired) electrons. The average Bonchev–Trinajstić information content (AvgIpc) is 2.65. The predicted molar refractivity (Wildman–Crippen MR) is 93.1 cm³/mol. The minimum atomic E-state index is -0.387. The summed E-state index contributed by atoms with van der Waals surface area (Å²) < 4.78 is 4.56. The summed E-state index contributed by atoms with van der Waals surface area (Å²) in [4.78, 5) is 38.9. The summed E-state index contributed by atoms with van der Waals surface area (Å²) >= 11 is 1.56. The lowest BCUT2D eigenvalue weighted by molar-refractivity contribution is -0.144. The second kappa shape index (κ2) is 8.87. The lowest BCUT2D eigenvalue weighted by atomic mass is 9.89. The monoisotopic (exact) mass is 349 g/mol. The molecule has 5 nitrogen and oxygen atoms in total. The van der Waals surface area contributed by atoms with Gasteiger partial charge in [0.15, 0.2) is 5.78 Å². The van der Waals surface area contributed by atoms with E-state index in [4.69, 9.17) is 0 Å².